The third-order valence-electron chi connectivity index (χ3n) is 4.27. The Hall–Kier alpha value is -2.16. The molecule has 1 saturated heterocycles. The number of nitrogens with zero attached hydrogens (tertiary/aromatic N) is 1. The van der Waals surface area contributed by atoms with E-state index in [2.05, 4.69) is 10.6 Å². The number of methoxy groups -OCH3 is 1. The largest absolute Gasteiger partial charge is 0.451 e. The number of hydrogen-bond acceptors (Lipinski definition) is 6. The van der Waals surface area contributed by atoms with Crippen LogP contribution in [0.5, 0.6) is 0 Å². The Morgan fingerprint density at radius 2 is 2.00 bits per heavy atom. The molecule has 9 nitrogen and oxygen atoms in total. The highest BCUT2D eigenvalue weighted by atomic mass is 16.5. The topological polar surface area (TPSA) is 114 Å². The maximum atomic E-state index is 12.4. The van der Waals surface area contributed by atoms with E-state index in [4.69, 9.17) is 9.47 Å². The Balaban J connectivity index is 1.84. The number of carbonyl (C=O) groups excluding carboxylic acids is 4. The molecule has 0 aromatic heterocycles. The summed E-state index contributed by atoms with van der Waals surface area (Å²) in [5.74, 6) is -1.66. The first kappa shape index (κ1) is 18.2. The van der Waals surface area contributed by atoms with Crippen molar-refractivity contribution in [3.8, 4) is 0 Å². The van der Waals surface area contributed by atoms with Gasteiger partial charge >= 0.3 is 12.0 Å². The number of nitrogens with one attached hydrogen (secondary N) is 2. The van der Waals surface area contributed by atoms with Gasteiger partial charge in [0.25, 0.3) is 11.8 Å². The average Bonchev–Trinajstić information content (AvgIpc) is 3.09. The highest BCUT2D eigenvalue weighted by molar-refractivity contribution is 6.08. The zero-order valence-electron chi connectivity index (χ0n) is 13.9. The monoisotopic (exact) mass is 341 g/mol. The lowest BCUT2D eigenvalue weighted by atomic mass is 9.98. The predicted molar refractivity (Wildman–Crippen MR) is 81.9 cm³/mol. The molecule has 0 radical (unpaired) electrons. The van der Waals surface area contributed by atoms with Gasteiger partial charge in [-0.2, -0.15) is 0 Å². The summed E-state index contributed by atoms with van der Waals surface area (Å²) in [6.45, 7) is 1.57. The lowest BCUT2D eigenvalue weighted by molar-refractivity contribution is -0.156. The molecule has 1 saturated carbocycles. The Kier molecular flexibility index (Phi) is 5.76. The SMILES string of the molecule is COCCNC(=O)[C@H](C)OC(=O)CN1C(=O)NC2(CCCC2)C1=O. The molecular formula is C15H23N3O6. The standard InChI is InChI=1S/C15H23N3O6/c1-10(12(20)16-7-8-23-2)24-11(19)9-18-13(21)15(17-14(18)22)5-3-4-6-15/h10H,3-9H2,1-2H3,(H,16,20)(H,17,22)/t10-/m0/s1. The fraction of sp³-hybridized carbons (Fsp3) is 0.733. The predicted octanol–water partition coefficient (Wildman–Crippen LogP) is -0.455. The molecule has 1 aliphatic carbocycles. The summed E-state index contributed by atoms with van der Waals surface area (Å²) in [5, 5.41) is 5.22. The summed E-state index contributed by atoms with van der Waals surface area (Å²) in [6, 6.07) is -0.587. The van der Waals surface area contributed by atoms with Crippen molar-refractivity contribution in [3.05, 3.63) is 0 Å². The lowest BCUT2D eigenvalue weighted by Gasteiger charge is -2.20. The van der Waals surface area contributed by atoms with Crippen molar-refractivity contribution in [1.82, 2.24) is 15.5 Å². The highest BCUT2D eigenvalue weighted by Crippen LogP contribution is 2.34. The van der Waals surface area contributed by atoms with Crippen LogP contribution in [0.2, 0.25) is 0 Å². The van der Waals surface area contributed by atoms with Crippen LogP contribution < -0.4 is 10.6 Å². The Morgan fingerprint density at radius 3 is 2.62 bits per heavy atom. The second kappa shape index (κ2) is 7.61. The normalized spacial score (nSPS) is 20.2. The Bertz CT molecular complexity index is 529. The van der Waals surface area contributed by atoms with Crippen LogP contribution in [0.3, 0.4) is 0 Å². The van der Waals surface area contributed by atoms with Gasteiger partial charge in [0.1, 0.15) is 12.1 Å². The molecule has 0 aromatic rings. The quantitative estimate of drug-likeness (QED) is 0.368. The molecule has 9 heteroatoms. The molecule has 2 rings (SSSR count). The maximum absolute atomic E-state index is 12.4. The van der Waals surface area contributed by atoms with E-state index < -0.39 is 36.1 Å². The van der Waals surface area contributed by atoms with Gasteiger partial charge in [0.05, 0.1) is 6.61 Å². The molecule has 0 aromatic carbocycles. The van der Waals surface area contributed by atoms with E-state index in [0.29, 0.717) is 26.0 Å². The molecule has 2 aliphatic rings. The minimum Gasteiger partial charge on any atom is -0.451 e. The molecule has 0 bridgehead atoms. The van der Waals surface area contributed by atoms with Crippen molar-refractivity contribution >= 4 is 23.8 Å². The van der Waals surface area contributed by atoms with E-state index in [9.17, 15) is 19.2 Å². The van der Waals surface area contributed by atoms with Gasteiger partial charge < -0.3 is 20.1 Å². The van der Waals surface area contributed by atoms with Gasteiger partial charge in [-0.25, -0.2) is 4.79 Å². The van der Waals surface area contributed by atoms with Crippen LogP contribution in [0.1, 0.15) is 32.6 Å². The van der Waals surface area contributed by atoms with Gasteiger partial charge in [-0.3, -0.25) is 19.3 Å². The smallest absolute Gasteiger partial charge is 0.327 e. The van der Waals surface area contributed by atoms with Crippen LogP contribution in [-0.4, -0.2) is 67.2 Å². The fourth-order valence-corrected chi connectivity index (χ4v) is 2.97. The molecule has 2 N–H and O–H groups in total. The van der Waals surface area contributed by atoms with Gasteiger partial charge in [-0.1, -0.05) is 12.8 Å². The van der Waals surface area contributed by atoms with E-state index in [1.165, 1.54) is 14.0 Å². The van der Waals surface area contributed by atoms with Crippen molar-refractivity contribution in [2.75, 3.05) is 26.8 Å². The van der Waals surface area contributed by atoms with Crippen LogP contribution in [-0.2, 0) is 23.9 Å². The summed E-state index contributed by atoms with van der Waals surface area (Å²) >= 11 is 0. The summed E-state index contributed by atoms with van der Waals surface area (Å²) < 4.78 is 9.79. The lowest BCUT2D eigenvalue weighted by Crippen LogP contribution is -2.45. The number of imide groups is 1. The van der Waals surface area contributed by atoms with Crippen molar-refractivity contribution < 1.29 is 28.7 Å². The number of esters is 1. The van der Waals surface area contributed by atoms with E-state index >= 15 is 0 Å². The first-order valence-electron chi connectivity index (χ1n) is 8.00. The number of hydrogen-bond donors (Lipinski definition) is 2. The molecule has 2 fully saturated rings. The van der Waals surface area contributed by atoms with E-state index in [-0.39, 0.29) is 5.91 Å². The molecule has 134 valence electrons. The minimum absolute atomic E-state index is 0.298. The molecule has 1 spiro atoms. The first-order chi connectivity index (χ1) is 11.4. The van der Waals surface area contributed by atoms with E-state index in [1.54, 1.807) is 0 Å². The Labute approximate surface area is 140 Å². The first-order valence-corrected chi connectivity index (χ1v) is 8.00. The van der Waals surface area contributed by atoms with Crippen LogP contribution in [0, 0.1) is 0 Å². The number of carbonyl (C=O) groups is 4. The van der Waals surface area contributed by atoms with Gasteiger partial charge in [-0.15, -0.1) is 0 Å². The zero-order chi connectivity index (χ0) is 17.7. The molecule has 0 unspecified atom stereocenters. The van der Waals surface area contributed by atoms with Crippen molar-refractivity contribution in [2.45, 2.75) is 44.2 Å². The average molecular weight is 341 g/mol. The zero-order valence-corrected chi connectivity index (χ0v) is 13.9. The van der Waals surface area contributed by atoms with Crippen molar-refractivity contribution in [2.24, 2.45) is 0 Å². The number of rotatable bonds is 7. The highest BCUT2D eigenvalue weighted by Gasteiger charge is 2.52. The van der Waals surface area contributed by atoms with Gasteiger partial charge in [0, 0.05) is 13.7 Å². The molecular weight excluding hydrogens is 318 g/mol. The number of amides is 4. The van der Waals surface area contributed by atoms with Gasteiger partial charge in [-0.05, 0) is 19.8 Å². The summed E-state index contributed by atoms with van der Waals surface area (Å²) in [5.41, 5.74) is -0.861. The van der Waals surface area contributed by atoms with Crippen LogP contribution in [0.25, 0.3) is 0 Å². The minimum atomic E-state index is -1.02. The molecule has 24 heavy (non-hydrogen) atoms. The van der Waals surface area contributed by atoms with Gasteiger partial charge in [0.2, 0.25) is 0 Å². The molecule has 1 heterocycles. The second-order valence-corrected chi connectivity index (χ2v) is 6.03. The van der Waals surface area contributed by atoms with Crippen molar-refractivity contribution in [1.29, 1.82) is 0 Å². The molecule has 1 aliphatic heterocycles. The summed E-state index contributed by atoms with van der Waals surface area (Å²) in [6.07, 6.45) is 1.88. The number of ether oxygens (including phenoxy) is 2. The van der Waals surface area contributed by atoms with E-state index in [1.807, 2.05) is 0 Å². The number of urea groups is 1. The molecule has 4 amide bonds. The van der Waals surface area contributed by atoms with E-state index in [0.717, 1.165) is 17.7 Å². The van der Waals surface area contributed by atoms with Crippen molar-refractivity contribution in [3.63, 3.8) is 0 Å². The second-order valence-electron chi connectivity index (χ2n) is 6.03. The summed E-state index contributed by atoms with van der Waals surface area (Å²) in [4.78, 5) is 48.9. The molecule has 1 atom stereocenters. The third-order valence-corrected chi connectivity index (χ3v) is 4.27. The Morgan fingerprint density at radius 1 is 1.33 bits per heavy atom. The van der Waals surface area contributed by atoms with Crippen LogP contribution in [0.15, 0.2) is 0 Å². The summed E-state index contributed by atoms with van der Waals surface area (Å²) in [7, 11) is 1.50. The van der Waals surface area contributed by atoms with Crippen LogP contribution in [0.4, 0.5) is 4.79 Å². The maximum Gasteiger partial charge on any atom is 0.327 e. The van der Waals surface area contributed by atoms with Gasteiger partial charge in [0.15, 0.2) is 6.10 Å². The van der Waals surface area contributed by atoms with Crippen LogP contribution >= 0.6 is 0 Å². The fourth-order valence-electron chi connectivity index (χ4n) is 2.97. The third kappa shape index (κ3) is 3.84.